The van der Waals surface area contributed by atoms with Gasteiger partial charge in [0, 0.05) is 18.8 Å². The first-order chi connectivity index (χ1) is 7.00. The van der Waals surface area contributed by atoms with E-state index in [9.17, 15) is 0 Å². The lowest BCUT2D eigenvalue weighted by molar-refractivity contribution is 0.511. The minimum Gasteiger partial charge on any atom is -0.367 e. The maximum Gasteiger partial charge on any atom is 0.144 e. The second-order valence-electron chi connectivity index (χ2n) is 3.77. The summed E-state index contributed by atoms with van der Waals surface area (Å²) < 4.78 is 0. The maximum atomic E-state index is 5.94. The van der Waals surface area contributed by atoms with Gasteiger partial charge >= 0.3 is 0 Å². The van der Waals surface area contributed by atoms with Gasteiger partial charge in [0.1, 0.15) is 5.82 Å². The van der Waals surface area contributed by atoms with Crippen molar-refractivity contribution in [3.05, 3.63) is 22.3 Å². The van der Waals surface area contributed by atoms with E-state index in [1.807, 2.05) is 0 Å². The van der Waals surface area contributed by atoms with E-state index in [0.29, 0.717) is 28.3 Å². The second-order valence-corrected chi connectivity index (χ2v) is 4.62. The second kappa shape index (κ2) is 5.54. The van der Waals surface area contributed by atoms with Crippen molar-refractivity contribution in [2.45, 2.75) is 19.9 Å². The third-order valence-electron chi connectivity index (χ3n) is 2.17. The molecule has 1 heterocycles. The fraction of sp³-hybridized carbons (Fsp3) is 0.500. The summed E-state index contributed by atoms with van der Waals surface area (Å²) in [6.45, 7) is 4.79. The van der Waals surface area contributed by atoms with E-state index in [1.165, 1.54) is 0 Å². The fourth-order valence-corrected chi connectivity index (χ4v) is 1.44. The number of aromatic nitrogens is 1. The molecule has 0 bridgehead atoms. The standard InChI is InChI=1S/C10H15Cl2N3/c1-6(2)9(13)5-15-10-8(12)3-7(11)4-14-10/h3-4,6,9H,5,13H2,1-2H3,(H,14,15). The summed E-state index contributed by atoms with van der Waals surface area (Å²) in [6.07, 6.45) is 1.55. The average Bonchev–Trinajstić information content (AvgIpc) is 2.15. The number of rotatable bonds is 4. The molecular weight excluding hydrogens is 233 g/mol. The summed E-state index contributed by atoms with van der Waals surface area (Å²) in [5.74, 6) is 1.04. The van der Waals surface area contributed by atoms with Crippen molar-refractivity contribution < 1.29 is 0 Å². The fourth-order valence-electron chi connectivity index (χ4n) is 0.995. The van der Waals surface area contributed by atoms with E-state index in [4.69, 9.17) is 28.9 Å². The van der Waals surface area contributed by atoms with Gasteiger partial charge in [0.2, 0.25) is 0 Å². The van der Waals surface area contributed by atoms with Gasteiger partial charge < -0.3 is 11.1 Å². The van der Waals surface area contributed by atoms with Gasteiger partial charge in [0.15, 0.2) is 0 Å². The molecule has 0 saturated carbocycles. The van der Waals surface area contributed by atoms with Gasteiger partial charge in [0.25, 0.3) is 0 Å². The van der Waals surface area contributed by atoms with Crippen LogP contribution in [0.15, 0.2) is 12.3 Å². The normalized spacial score (nSPS) is 12.9. The smallest absolute Gasteiger partial charge is 0.144 e. The number of nitrogens with two attached hydrogens (primary N) is 1. The van der Waals surface area contributed by atoms with Crippen molar-refractivity contribution in [2.75, 3.05) is 11.9 Å². The molecule has 3 N–H and O–H groups in total. The van der Waals surface area contributed by atoms with E-state index in [0.717, 1.165) is 0 Å². The van der Waals surface area contributed by atoms with E-state index < -0.39 is 0 Å². The van der Waals surface area contributed by atoms with Crippen molar-refractivity contribution >= 4 is 29.0 Å². The van der Waals surface area contributed by atoms with Gasteiger partial charge in [-0.1, -0.05) is 37.0 Å². The Bertz CT molecular complexity index is 328. The molecule has 1 unspecified atom stereocenters. The highest BCUT2D eigenvalue weighted by atomic mass is 35.5. The molecule has 1 aromatic heterocycles. The lowest BCUT2D eigenvalue weighted by Crippen LogP contribution is -2.34. The highest BCUT2D eigenvalue weighted by Crippen LogP contribution is 2.22. The molecule has 1 aromatic rings. The van der Waals surface area contributed by atoms with Gasteiger partial charge in [-0.25, -0.2) is 4.98 Å². The maximum absolute atomic E-state index is 5.94. The first-order valence-corrected chi connectivity index (χ1v) is 5.56. The Kier molecular flexibility index (Phi) is 4.64. The topological polar surface area (TPSA) is 50.9 Å². The Balaban J connectivity index is 2.58. The summed E-state index contributed by atoms with van der Waals surface area (Å²) in [5.41, 5.74) is 5.88. The molecule has 84 valence electrons. The van der Waals surface area contributed by atoms with Crippen LogP contribution in [0.1, 0.15) is 13.8 Å². The van der Waals surface area contributed by atoms with E-state index in [-0.39, 0.29) is 6.04 Å². The zero-order valence-electron chi connectivity index (χ0n) is 8.80. The highest BCUT2D eigenvalue weighted by molar-refractivity contribution is 6.35. The lowest BCUT2D eigenvalue weighted by atomic mass is 10.1. The molecule has 5 heteroatoms. The molecule has 0 fully saturated rings. The van der Waals surface area contributed by atoms with Gasteiger partial charge in [-0.05, 0) is 12.0 Å². The van der Waals surface area contributed by atoms with Crippen molar-refractivity contribution in [3.63, 3.8) is 0 Å². The molecule has 15 heavy (non-hydrogen) atoms. The van der Waals surface area contributed by atoms with E-state index >= 15 is 0 Å². The quantitative estimate of drug-likeness (QED) is 0.861. The number of hydrogen-bond donors (Lipinski definition) is 2. The van der Waals surface area contributed by atoms with Crippen LogP contribution in [0.2, 0.25) is 10.0 Å². The number of pyridine rings is 1. The lowest BCUT2D eigenvalue weighted by Gasteiger charge is -2.16. The monoisotopic (exact) mass is 247 g/mol. The molecule has 0 radical (unpaired) electrons. The molecule has 0 spiro atoms. The highest BCUT2D eigenvalue weighted by Gasteiger charge is 2.08. The first kappa shape index (κ1) is 12.6. The van der Waals surface area contributed by atoms with E-state index in [2.05, 4.69) is 24.1 Å². The summed E-state index contributed by atoms with van der Waals surface area (Å²) in [5, 5.41) is 4.13. The zero-order valence-corrected chi connectivity index (χ0v) is 10.3. The average molecular weight is 248 g/mol. The Labute approximate surface area is 100.0 Å². The zero-order chi connectivity index (χ0) is 11.4. The van der Waals surface area contributed by atoms with Crippen LogP contribution in [0.25, 0.3) is 0 Å². The third kappa shape index (κ3) is 3.86. The number of hydrogen-bond acceptors (Lipinski definition) is 3. The minimum absolute atomic E-state index is 0.0820. The Morgan fingerprint density at radius 1 is 1.47 bits per heavy atom. The van der Waals surface area contributed by atoms with Crippen LogP contribution in [-0.2, 0) is 0 Å². The van der Waals surface area contributed by atoms with Crippen molar-refractivity contribution in [2.24, 2.45) is 11.7 Å². The summed E-state index contributed by atoms with van der Waals surface area (Å²) in [4.78, 5) is 4.08. The predicted molar refractivity (Wildman–Crippen MR) is 65.6 cm³/mol. The SMILES string of the molecule is CC(C)C(N)CNc1ncc(Cl)cc1Cl. The molecule has 0 aliphatic rings. The van der Waals surface area contributed by atoms with Crippen LogP contribution in [0.3, 0.4) is 0 Å². The summed E-state index contributed by atoms with van der Waals surface area (Å²) in [6, 6.07) is 1.73. The third-order valence-corrected chi connectivity index (χ3v) is 2.66. The minimum atomic E-state index is 0.0820. The number of halogens is 2. The molecular formula is C10H15Cl2N3. The first-order valence-electron chi connectivity index (χ1n) is 4.81. The molecule has 0 saturated heterocycles. The van der Waals surface area contributed by atoms with Crippen LogP contribution in [0.4, 0.5) is 5.82 Å². The summed E-state index contributed by atoms with van der Waals surface area (Å²) in [7, 11) is 0. The van der Waals surface area contributed by atoms with Gasteiger partial charge in [-0.2, -0.15) is 0 Å². The van der Waals surface area contributed by atoms with Gasteiger partial charge in [-0.3, -0.25) is 0 Å². The molecule has 0 aromatic carbocycles. The van der Waals surface area contributed by atoms with Crippen LogP contribution in [0, 0.1) is 5.92 Å². The molecule has 0 aliphatic heterocycles. The molecule has 1 rings (SSSR count). The number of nitrogens with one attached hydrogen (secondary N) is 1. The molecule has 1 atom stereocenters. The van der Waals surface area contributed by atoms with Crippen molar-refractivity contribution in [3.8, 4) is 0 Å². The van der Waals surface area contributed by atoms with Crippen LogP contribution < -0.4 is 11.1 Å². The Hall–Kier alpha value is -0.510. The number of nitrogens with zero attached hydrogens (tertiary/aromatic N) is 1. The number of anilines is 1. The van der Waals surface area contributed by atoms with Crippen molar-refractivity contribution in [1.82, 2.24) is 4.98 Å². The van der Waals surface area contributed by atoms with E-state index in [1.54, 1.807) is 12.3 Å². The Morgan fingerprint density at radius 2 is 2.13 bits per heavy atom. The van der Waals surface area contributed by atoms with Crippen LogP contribution in [-0.4, -0.2) is 17.6 Å². The van der Waals surface area contributed by atoms with Gasteiger partial charge in [0.05, 0.1) is 10.0 Å². The van der Waals surface area contributed by atoms with Crippen molar-refractivity contribution in [1.29, 1.82) is 0 Å². The predicted octanol–water partition coefficient (Wildman–Crippen LogP) is 2.78. The largest absolute Gasteiger partial charge is 0.367 e. The van der Waals surface area contributed by atoms with Gasteiger partial charge in [-0.15, -0.1) is 0 Å². The van der Waals surface area contributed by atoms with Crippen LogP contribution >= 0.6 is 23.2 Å². The molecule has 0 aliphatic carbocycles. The summed E-state index contributed by atoms with van der Waals surface area (Å²) >= 11 is 11.7. The Morgan fingerprint density at radius 3 is 2.67 bits per heavy atom. The van der Waals surface area contributed by atoms with Crippen LogP contribution in [0.5, 0.6) is 0 Å². The molecule has 0 amide bonds. The molecule has 3 nitrogen and oxygen atoms in total.